The summed E-state index contributed by atoms with van der Waals surface area (Å²) in [7, 11) is 0. The first-order chi connectivity index (χ1) is 9.79. The third-order valence-corrected chi connectivity index (χ3v) is 5.81. The minimum absolute atomic E-state index is 0.562. The van der Waals surface area contributed by atoms with Crippen LogP contribution in [0.25, 0.3) is 11.5 Å². The molecule has 0 unspecified atom stereocenters. The second-order valence-corrected chi connectivity index (χ2v) is 6.98. The third kappa shape index (κ3) is 2.18. The van der Waals surface area contributed by atoms with Crippen LogP contribution in [0, 0.1) is 24.7 Å². The summed E-state index contributed by atoms with van der Waals surface area (Å²) in [6.45, 7) is 1.90. The lowest BCUT2D eigenvalue weighted by molar-refractivity contribution is 0.364. The van der Waals surface area contributed by atoms with Crippen LogP contribution < -0.4 is 0 Å². The summed E-state index contributed by atoms with van der Waals surface area (Å²) in [5, 5.41) is 8.94. The van der Waals surface area contributed by atoms with Crippen LogP contribution in [0.15, 0.2) is 26.4 Å². The van der Waals surface area contributed by atoms with Crippen LogP contribution in [0.1, 0.15) is 31.4 Å². The number of hydrogen-bond acceptors (Lipinski definition) is 5. The SMILES string of the molecule is Cc1occc1-c1nnc(SC[C@@H]2C[C@H]3CC[C@H]2C3)o1. The average molecular weight is 290 g/mol. The van der Waals surface area contributed by atoms with E-state index in [0.29, 0.717) is 11.1 Å². The van der Waals surface area contributed by atoms with Gasteiger partial charge in [-0.2, -0.15) is 0 Å². The Hall–Kier alpha value is -1.23. The lowest BCUT2D eigenvalue weighted by Gasteiger charge is -2.19. The van der Waals surface area contributed by atoms with Gasteiger partial charge < -0.3 is 8.83 Å². The van der Waals surface area contributed by atoms with Gasteiger partial charge in [-0.3, -0.25) is 0 Å². The molecule has 0 N–H and O–H groups in total. The number of aromatic nitrogens is 2. The zero-order valence-electron chi connectivity index (χ0n) is 11.5. The molecule has 2 heterocycles. The van der Waals surface area contributed by atoms with E-state index in [4.69, 9.17) is 8.83 Å². The molecule has 0 spiro atoms. The zero-order valence-corrected chi connectivity index (χ0v) is 12.4. The molecule has 106 valence electrons. The molecular formula is C15H18N2O2S. The first-order valence-corrected chi connectivity index (χ1v) is 8.29. The lowest BCUT2D eigenvalue weighted by Crippen LogP contribution is -2.12. The van der Waals surface area contributed by atoms with Gasteiger partial charge in [0.05, 0.1) is 11.8 Å². The minimum atomic E-state index is 0.562. The minimum Gasteiger partial charge on any atom is -0.469 e. The number of thioether (sulfide) groups is 1. The fourth-order valence-corrected chi connectivity index (χ4v) is 4.74. The van der Waals surface area contributed by atoms with Crippen molar-refractivity contribution < 1.29 is 8.83 Å². The molecule has 20 heavy (non-hydrogen) atoms. The second kappa shape index (κ2) is 4.95. The maximum absolute atomic E-state index is 5.73. The maximum Gasteiger partial charge on any atom is 0.276 e. The fraction of sp³-hybridized carbons (Fsp3) is 0.600. The van der Waals surface area contributed by atoms with Crippen molar-refractivity contribution in [3.05, 3.63) is 18.1 Å². The number of nitrogens with zero attached hydrogens (tertiary/aromatic N) is 2. The van der Waals surface area contributed by atoms with Crippen molar-refractivity contribution >= 4 is 11.8 Å². The molecule has 0 amide bonds. The molecule has 2 saturated carbocycles. The van der Waals surface area contributed by atoms with Crippen LogP contribution in [0.4, 0.5) is 0 Å². The first-order valence-electron chi connectivity index (χ1n) is 7.30. The van der Waals surface area contributed by atoms with Gasteiger partial charge in [0.25, 0.3) is 11.1 Å². The molecule has 2 fully saturated rings. The molecule has 0 aromatic carbocycles. The van der Waals surface area contributed by atoms with E-state index in [1.54, 1.807) is 18.0 Å². The molecule has 5 heteroatoms. The summed E-state index contributed by atoms with van der Waals surface area (Å²) in [6.07, 6.45) is 7.39. The number of aryl methyl sites for hydroxylation is 1. The molecule has 0 saturated heterocycles. The molecule has 0 aliphatic heterocycles. The Balaban J connectivity index is 1.40. The molecule has 2 aromatic heterocycles. The van der Waals surface area contributed by atoms with E-state index in [0.717, 1.165) is 34.8 Å². The number of hydrogen-bond donors (Lipinski definition) is 0. The molecular weight excluding hydrogens is 272 g/mol. The van der Waals surface area contributed by atoms with Crippen molar-refractivity contribution in [3.8, 4) is 11.5 Å². The molecule has 4 rings (SSSR count). The topological polar surface area (TPSA) is 52.1 Å². The van der Waals surface area contributed by atoms with Crippen molar-refractivity contribution in [1.82, 2.24) is 10.2 Å². The highest BCUT2D eigenvalue weighted by molar-refractivity contribution is 7.99. The Kier molecular flexibility index (Phi) is 3.10. The molecule has 2 aliphatic rings. The van der Waals surface area contributed by atoms with E-state index in [9.17, 15) is 0 Å². The Morgan fingerprint density at radius 1 is 1.30 bits per heavy atom. The molecule has 2 aromatic rings. The Bertz CT molecular complexity index is 607. The van der Waals surface area contributed by atoms with Crippen molar-refractivity contribution in [1.29, 1.82) is 0 Å². The summed E-state index contributed by atoms with van der Waals surface area (Å²) in [4.78, 5) is 0. The summed E-state index contributed by atoms with van der Waals surface area (Å²) in [5.41, 5.74) is 0.893. The molecule has 2 aliphatic carbocycles. The van der Waals surface area contributed by atoms with E-state index in [1.165, 1.54) is 25.7 Å². The van der Waals surface area contributed by atoms with Crippen LogP contribution in [0.5, 0.6) is 0 Å². The van der Waals surface area contributed by atoms with E-state index >= 15 is 0 Å². The predicted octanol–water partition coefficient (Wildman–Crippen LogP) is 4.17. The molecule has 3 atom stereocenters. The van der Waals surface area contributed by atoms with Gasteiger partial charge in [0.1, 0.15) is 5.76 Å². The highest BCUT2D eigenvalue weighted by Crippen LogP contribution is 2.49. The molecule has 4 nitrogen and oxygen atoms in total. The van der Waals surface area contributed by atoms with E-state index in [-0.39, 0.29) is 0 Å². The lowest BCUT2D eigenvalue weighted by atomic mass is 9.90. The first kappa shape index (κ1) is 12.5. The van der Waals surface area contributed by atoms with E-state index < -0.39 is 0 Å². The van der Waals surface area contributed by atoms with Crippen LogP contribution in [0.3, 0.4) is 0 Å². The van der Waals surface area contributed by atoms with Crippen molar-refractivity contribution in [3.63, 3.8) is 0 Å². The summed E-state index contributed by atoms with van der Waals surface area (Å²) in [5.74, 6) is 5.30. The van der Waals surface area contributed by atoms with Crippen LogP contribution in [-0.4, -0.2) is 16.0 Å². The maximum atomic E-state index is 5.73. The second-order valence-electron chi connectivity index (χ2n) is 6.01. The van der Waals surface area contributed by atoms with Crippen molar-refractivity contribution in [2.75, 3.05) is 5.75 Å². The Labute approximate surface area is 122 Å². The van der Waals surface area contributed by atoms with Gasteiger partial charge >= 0.3 is 0 Å². The summed E-state index contributed by atoms with van der Waals surface area (Å²) < 4.78 is 11.0. The smallest absolute Gasteiger partial charge is 0.276 e. The Morgan fingerprint density at radius 2 is 2.25 bits per heavy atom. The average Bonchev–Trinajstić information content (AvgIpc) is 3.20. The Morgan fingerprint density at radius 3 is 2.95 bits per heavy atom. The van der Waals surface area contributed by atoms with Gasteiger partial charge in [0.15, 0.2) is 0 Å². The highest BCUT2D eigenvalue weighted by atomic mass is 32.2. The van der Waals surface area contributed by atoms with Crippen LogP contribution in [0.2, 0.25) is 0 Å². The molecule has 0 radical (unpaired) electrons. The van der Waals surface area contributed by atoms with Gasteiger partial charge in [-0.15, -0.1) is 10.2 Å². The normalized spacial score (nSPS) is 28.4. The quantitative estimate of drug-likeness (QED) is 0.791. The summed E-state index contributed by atoms with van der Waals surface area (Å²) >= 11 is 1.71. The standard InChI is InChI=1S/C15H18N2O2S/c1-9-13(4-5-18-9)14-16-17-15(19-14)20-8-12-7-10-2-3-11(12)6-10/h4-5,10-12H,2-3,6-8H2,1H3/t10-,11-,12-/m0/s1. The van der Waals surface area contributed by atoms with Gasteiger partial charge in [-0.25, -0.2) is 0 Å². The number of rotatable bonds is 4. The fourth-order valence-electron chi connectivity index (χ4n) is 3.74. The summed E-state index contributed by atoms with van der Waals surface area (Å²) in [6, 6.07) is 1.87. The van der Waals surface area contributed by atoms with Gasteiger partial charge in [0, 0.05) is 5.75 Å². The van der Waals surface area contributed by atoms with Crippen LogP contribution >= 0.6 is 11.8 Å². The van der Waals surface area contributed by atoms with E-state index in [2.05, 4.69) is 10.2 Å². The number of fused-ring (bicyclic) bond motifs is 2. The van der Waals surface area contributed by atoms with Gasteiger partial charge in [-0.1, -0.05) is 18.2 Å². The predicted molar refractivity (Wildman–Crippen MR) is 76.4 cm³/mol. The van der Waals surface area contributed by atoms with Crippen LogP contribution in [-0.2, 0) is 0 Å². The van der Waals surface area contributed by atoms with E-state index in [1.807, 2.05) is 13.0 Å². The monoisotopic (exact) mass is 290 g/mol. The van der Waals surface area contributed by atoms with Crippen molar-refractivity contribution in [2.24, 2.45) is 17.8 Å². The van der Waals surface area contributed by atoms with Gasteiger partial charge in [-0.05, 0) is 50.0 Å². The zero-order chi connectivity index (χ0) is 13.5. The number of furan rings is 1. The highest BCUT2D eigenvalue weighted by Gasteiger charge is 2.39. The largest absolute Gasteiger partial charge is 0.469 e. The third-order valence-electron chi connectivity index (χ3n) is 4.80. The van der Waals surface area contributed by atoms with Gasteiger partial charge in [0.2, 0.25) is 0 Å². The molecule has 2 bridgehead atoms. The van der Waals surface area contributed by atoms with Crippen molar-refractivity contribution in [2.45, 2.75) is 37.8 Å².